The second-order valence-corrected chi connectivity index (χ2v) is 10.9. The molecule has 9 heteroatoms. The van der Waals surface area contributed by atoms with E-state index in [4.69, 9.17) is 49.1 Å². The summed E-state index contributed by atoms with van der Waals surface area (Å²) in [6.45, 7) is 6.89. The predicted molar refractivity (Wildman–Crippen MR) is 151 cm³/mol. The van der Waals surface area contributed by atoms with E-state index in [2.05, 4.69) is 10.2 Å². The van der Waals surface area contributed by atoms with Gasteiger partial charge in [-0.1, -0.05) is 77.3 Å². The molecule has 0 aliphatic heterocycles. The van der Waals surface area contributed by atoms with Gasteiger partial charge < -0.3 is 9.15 Å². The van der Waals surface area contributed by atoms with Gasteiger partial charge in [0.25, 0.3) is 5.89 Å². The molecule has 0 atom stereocenters. The van der Waals surface area contributed by atoms with Crippen LogP contribution in [-0.2, 0) is 16.8 Å². The number of aromatic nitrogens is 4. The van der Waals surface area contributed by atoms with Crippen molar-refractivity contribution in [3.63, 3.8) is 0 Å². The maximum absolute atomic E-state index is 6.58. The zero-order chi connectivity index (χ0) is 26.9. The van der Waals surface area contributed by atoms with Crippen molar-refractivity contribution in [2.24, 2.45) is 0 Å². The average Bonchev–Trinajstić information content (AvgIpc) is 3.51. The van der Waals surface area contributed by atoms with Crippen LogP contribution in [0.4, 0.5) is 0 Å². The molecule has 0 aliphatic rings. The lowest BCUT2D eigenvalue weighted by Crippen LogP contribution is -2.24. The molecule has 0 spiro atoms. The Morgan fingerprint density at radius 1 is 0.895 bits per heavy atom. The number of halogens is 3. The molecule has 0 aliphatic carbocycles. The molecule has 0 saturated carbocycles. The van der Waals surface area contributed by atoms with Crippen LogP contribution in [-0.4, -0.2) is 26.6 Å². The van der Waals surface area contributed by atoms with Gasteiger partial charge in [0.15, 0.2) is 5.69 Å². The first-order valence-electron chi connectivity index (χ1n) is 12.0. The Kier molecular flexibility index (Phi) is 7.59. The van der Waals surface area contributed by atoms with Crippen molar-refractivity contribution in [2.45, 2.75) is 32.8 Å². The van der Waals surface area contributed by atoms with Crippen molar-refractivity contribution in [3.8, 4) is 28.5 Å². The van der Waals surface area contributed by atoms with E-state index in [-0.39, 0.29) is 0 Å². The lowest BCUT2D eigenvalue weighted by atomic mass is 9.95. The Hall–Kier alpha value is -3.16. The molecule has 0 fully saturated rings. The maximum Gasteiger partial charge on any atom is 0.268 e. The summed E-state index contributed by atoms with van der Waals surface area (Å²) in [6.07, 6.45) is 0. The highest BCUT2D eigenvalue weighted by Gasteiger charge is 2.30. The van der Waals surface area contributed by atoms with Crippen LogP contribution in [0.15, 0.2) is 77.2 Å². The molecule has 0 bridgehead atoms. The minimum absolute atomic E-state index is 0.313. The predicted octanol–water partition coefficient (Wildman–Crippen LogP) is 8.35. The van der Waals surface area contributed by atoms with Crippen molar-refractivity contribution in [2.75, 3.05) is 6.61 Å². The fourth-order valence-corrected chi connectivity index (χ4v) is 4.74. The summed E-state index contributed by atoms with van der Waals surface area (Å²) < 4.78 is 13.9. The van der Waals surface area contributed by atoms with Gasteiger partial charge in [0.1, 0.15) is 0 Å². The maximum atomic E-state index is 6.58. The van der Waals surface area contributed by atoms with E-state index in [0.29, 0.717) is 51.4 Å². The normalized spacial score (nSPS) is 11.7. The molecule has 0 N–H and O–H groups in total. The first kappa shape index (κ1) is 26.4. The molecule has 38 heavy (non-hydrogen) atoms. The topological polar surface area (TPSA) is 66.0 Å². The van der Waals surface area contributed by atoms with Gasteiger partial charge in [0.2, 0.25) is 5.89 Å². The number of rotatable bonds is 8. The van der Waals surface area contributed by atoms with E-state index in [1.54, 1.807) is 16.8 Å². The Balaban J connectivity index is 1.49. The number of ether oxygens (including phenoxy) is 1. The summed E-state index contributed by atoms with van der Waals surface area (Å²) in [4.78, 5) is 0. The first-order valence-corrected chi connectivity index (χ1v) is 13.1. The Bertz CT molecular complexity index is 1560. The second-order valence-electron chi connectivity index (χ2n) is 9.61. The quantitative estimate of drug-likeness (QED) is 0.188. The third-order valence-electron chi connectivity index (χ3n) is 6.16. The third-order valence-corrected chi connectivity index (χ3v) is 6.95. The summed E-state index contributed by atoms with van der Waals surface area (Å²) in [5.41, 5.74) is 4.41. The van der Waals surface area contributed by atoms with Crippen LogP contribution in [0.25, 0.3) is 28.5 Å². The third kappa shape index (κ3) is 5.49. The summed E-state index contributed by atoms with van der Waals surface area (Å²) >= 11 is 18.9. The molecular weight excluding hydrogens is 543 g/mol. The Morgan fingerprint density at radius 2 is 1.61 bits per heavy atom. The summed E-state index contributed by atoms with van der Waals surface area (Å²) in [5, 5.41) is 15.2. The van der Waals surface area contributed by atoms with E-state index in [1.165, 1.54) is 0 Å². The van der Waals surface area contributed by atoms with E-state index in [1.807, 2.05) is 81.4 Å². The van der Waals surface area contributed by atoms with Crippen LogP contribution < -0.4 is 0 Å². The molecule has 0 radical (unpaired) electrons. The second kappa shape index (κ2) is 10.9. The molecule has 0 saturated heterocycles. The molecule has 194 valence electrons. The van der Waals surface area contributed by atoms with Crippen molar-refractivity contribution >= 4 is 34.8 Å². The molecule has 0 unspecified atom stereocenters. The molecule has 3 aromatic carbocycles. The zero-order valence-corrected chi connectivity index (χ0v) is 23.3. The van der Waals surface area contributed by atoms with Crippen LogP contribution in [0.2, 0.25) is 15.1 Å². The van der Waals surface area contributed by atoms with E-state index < -0.39 is 5.41 Å². The molecule has 5 aromatic rings. The zero-order valence-electron chi connectivity index (χ0n) is 21.1. The Labute approximate surface area is 236 Å². The van der Waals surface area contributed by atoms with Gasteiger partial charge >= 0.3 is 0 Å². The average molecular weight is 568 g/mol. The van der Waals surface area contributed by atoms with E-state index >= 15 is 0 Å². The fourth-order valence-electron chi connectivity index (χ4n) is 4.13. The minimum Gasteiger partial charge on any atom is -0.419 e. The van der Waals surface area contributed by atoms with E-state index in [0.717, 1.165) is 22.4 Å². The monoisotopic (exact) mass is 566 g/mol. The van der Waals surface area contributed by atoms with Crippen molar-refractivity contribution in [1.29, 1.82) is 0 Å². The molecule has 5 rings (SSSR count). The van der Waals surface area contributed by atoms with Crippen LogP contribution in [0.5, 0.6) is 0 Å². The van der Waals surface area contributed by atoms with Gasteiger partial charge in [-0.15, -0.1) is 10.2 Å². The lowest BCUT2D eigenvalue weighted by Gasteiger charge is -2.19. The SMILES string of the molecule is Cc1c(-c2nnc(C(C)(C)COCc3ccccc3)o2)nn(-c2ccc(Cl)cc2Cl)c1-c1ccc(Cl)cc1. The van der Waals surface area contributed by atoms with Crippen molar-refractivity contribution in [3.05, 3.63) is 105 Å². The van der Waals surface area contributed by atoms with Crippen molar-refractivity contribution < 1.29 is 9.15 Å². The Morgan fingerprint density at radius 3 is 2.32 bits per heavy atom. The largest absolute Gasteiger partial charge is 0.419 e. The van der Waals surface area contributed by atoms with Crippen LogP contribution >= 0.6 is 34.8 Å². The standard InChI is InChI=1S/C29H25Cl3N4O2/c1-18-25(27-33-34-28(38-27)29(2,3)17-37-16-19-7-5-4-6-8-19)35-36(24-14-13-22(31)15-23(24)32)26(18)20-9-11-21(30)12-10-20/h4-15H,16-17H2,1-3H3. The summed E-state index contributed by atoms with van der Waals surface area (Å²) in [7, 11) is 0. The first-order chi connectivity index (χ1) is 18.2. The number of hydrogen-bond donors (Lipinski definition) is 0. The highest BCUT2D eigenvalue weighted by Crippen LogP contribution is 2.37. The van der Waals surface area contributed by atoms with Crippen LogP contribution in [0, 0.1) is 6.92 Å². The van der Waals surface area contributed by atoms with Crippen LogP contribution in [0.3, 0.4) is 0 Å². The smallest absolute Gasteiger partial charge is 0.268 e. The molecule has 2 aromatic heterocycles. The molecular formula is C29H25Cl3N4O2. The molecule has 0 amide bonds. The lowest BCUT2D eigenvalue weighted by molar-refractivity contribution is 0.0731. The molecule has 2 heterocycles. The van der Waals surface area contributed by atoms with Crippen molar-refractivity contribution in [1.82, 2.24) is 20.0 Å². The van der Waals surface area contributed by atoms with Gasteiger partial charge in [-0.25, -0.2) is 4.68 Å². The van der Waals surface area contributed by atoms with Crippen LogP contribution in [0.1, 0.15) is 30.9 Å². The number of benzene rings is 3. The van der Waals surface area contributed by atoms with Gasteiger partial charge in [0, 0.05) is 21.2 Å². The highest BCUT2D eigenvalue weighted by molar-refractivity contribution is 6.35. The highest BCUT2D eigenvalue weighted by atomic mass is 35.5. The fraction of sp³-hybridized carbons (Fsp3) is 0.207. The molecule has 6 nitrogen and oxygen atoms in total. The van der Waals surface area contributed by atoms with Gasteiger partial charge in [-0.3, -0.25) is 0 Å². The van der Waals surface area contributed by atoms with Gasteiger partial charge in [0.05, 0.1) is 35.0 Å². The number of hydrogen-bond acceptors (Lipinski definition) is 5. The number of nitrogens with zero attached hydrogens (tertiary/aromatic N) is 4. The summed E-state index contributed by atoms with van der Waals surface area (Å²) in [5.74, 6) is 0.778. The minimum atomic E-state index is -0.505. The van der Waals surface area contributed by atoms with Gasteiger partial charge in [-0.2, -0.15) is 5.10 Å². The van der Waals surface area contributed by atoms with Gasteiger partial charge in [-0.05, 0) is 56.7 Å². The summed E-state index contributed by atoms with van der Waals surface area (Å²) in [6, 6.07) is 22.8. The van der Waals surface area contributed by atoms with E-state index in [9.17, 15) is 0 Å².